The van der Waals surface area contributed by atoms with Gasteiger partial charge in [-0.15, -0.1) is 0 Å². The molecule has 0 aromatic rings. The van der Waals surface area contributed by atoms with Crippen LogP contribution in [0.15, 0.2) is 0 Å². The van der Waals surface area contributed by atoms with Crippen LogP contribution in [0.25, 0.3) is 0 Å². The van der Waals surface area contributed by atoms with Crippen molar-refractivity contribution in [3.8, 4) is 0 Å². The van der Waals surface area contributed by atoms with E-state index in [1.165, 1.54) is 0 Å². The first kappa shape index (κ1) is 7.92. The lowest BCUT2D eigenvalue weighted by Gasteiger charge is -2.31. The lowest BCUT2D eigenvalue weighted by Crippen LogP contribution is -2.41. The summed E-state index contributed by atoms with van der Waals surface area (Å²) in [6.45, 7) is 0.773. The molecular formula is C7H12F2N. The van der Waals surface area contributed by atoms with Crippen LogP contribution in [0.1, 0.15) is 12.8 Å². The van der Waals surface area contributed by atoms with Crippen molar-refractivity contribution in [2.45, 2.75) is 25.3 Å². The first-order chi connectivity index (χ1) is 4.72. The Morgan fingerprint density at radius 3 is 2.70 bits per heavy atom. The average molecular weight is 148 g/mol. The first-order valence-electron chi connectivity index (χ1n) is 3.52. The van der Waals surface area contributed by atoms with E-state index < -0.39 is 12.5 Å². The van der Waals surface area contributed by atoms with Gasteiger partial charge >= 0.3 is 0 Å². The van der Waals surface area contributed by atoms with Crippen LogP contribution in [0.3, 0.4) is 0 Å². The molecule has 1 atom stereocenters. The molecule has 1 nitrogen and oxygen atoms in total. The molecule has 1 unspecified atom stereocenters. The molecule has 1 aliphatic heterocycles. The molecular weight excluding hydrogens is 136 g/mol. The highest BCUT2D eigenvalue weighted by molar-refractivity contribution is 4.85. The van der Waals surface area contributed by atoms with Crippen LogP contribution >= 0.6 is 0 Å². The summed E-state index contributed by atoms with van der Waals surface area (Å²) in [6.07, 6.45) is 1.23. The van der Waals surface area contributed by atoms with Gasteiger partial charge in [-0.3, -0.25) is 4.90 Å². The minimum atomic E-state index is -2.19. The van der Waals surface area contributed by atoms with Gasteiger partial charge < -0.3 is 0 Å². The second-order valence-corrected chi connectivity index (χ2v) is 2.70. The maximum Gasteiger partial charge on any atom is 0.253 e. The molecule has 0 aromatic heterocycles. The minimum absolute atomic E-state index is 0.534. The lowest BCUT2D eigenvalue weighted by molar-refractivity contribution is 0.0282. The maximum absolute atomic E-state index is 12.1. The summed E-state index contributed by atoms with van der Waals surface area (Å²) in [5.41, 5.74) is 0. The van der Waals surface area contributed by atoms with Crippen molar-refractivity contribution in [3.63, 3.8) is 0 Å². The van der Waals surface area contributed by atoms with Crippen LogP contribution in [-0.2, 0) is 0 Å². The third kappa shape index (κ3) is 1.66. The van der Waals surface area contributed by atoms with Crippen molar-refractivity contribution in [2.24, 2.45) is 0 Å². The average Bonchev–Trinajstić information content (AvgIpc) is 1.88. The van der Waals surface area contributed by atoms with E-state index in [0.29, 0.717) is 6.42 Å². The summed E-state index contributed by atoms with van der Waals surface area (Å²) in [4.78, 5) is 1.73. The fourth-order valence-corrected chi connectivity index (χ4v) is 1.22. The Kier molecular flexibility index (Phi) is 2.60. The van der Waals surface area contributed by atoms with Crippen LogP contribution in [0.5, 0.6) is 0 Å². The van der Waals surface area contributed by atoms with E-state index in [1.807, 2.05) is 6.42 Å². The Morgan fingerprint density at radius 1 is 1.60 bits per heavy atom. The van der Waals surface area contributed by atoms with E-state index in [0.717, 1.165) is 13.0 Å². The van der Waals surface area contributed by atoms with Crippen LogP contribution in [0.4, 0.5) is 8.78 Å². The highest BCUT2D eigenvalue weighted by atomic mass is 19.3. The van der Waals surface area contributed by atoms with Crippen LogP contribution in [-0.4, -0.2) is 31.0 Å². The maximum atomic E-state index is 12.1. The second kappa shape index (κ2) is 3.28. The monoisotopic (exact) mass is 148 g/mol. The molecule has 0 bridgehead atoms. The topological polar surface area (TPSA) is 3.24 Å². The molecule has 1 aliphatic rings. The molecule has 1 fully saturated rings. The number of piperidine rings is 1. The summed E-state index contributed by atoms with van der Waals surface area (Å²) in [5.74, 6) is 0. The highest BCUT2D eigenvalue weighted by Gasteiger charge is 2.26. The fraction of sp³-hybridized carbons (Fsp3) is 0.857. The number of likely N-dealkylation sites (tertiary alicyclic amines) is 1. The van der Waals surface area contributed by atoms with Crippen molar-refractivity contribution in [3.05, 3.63) is 6.42 Å². The molecule has 10 heavy (non-hydrogen) atoms. The molecule has 0 saturated carbocycles. The van der Waals surface area contributed by atoms with Crippen molar-refractivity contribution >= 4 is 0 Å². The summed E-state index contributed by atoms with van der Waals surface area (Å²) in [7, 11) is 1.75. The molecule has 0 N–H and O–H groups in total. The second-order valence-electron chi connectivity index (χ2n) is 2.70. The number of hydrogen-bond acceptors (Lipinski definition) is 1. The summed E-state index contributed by atoms with van der Waals surface area (Å²) in [6, 6.07) is -0.534. The van der Waals surface area contributed by atoms with E-state index in [9.17, 15) is 8.78 Å². The molecule has 0 aromatic carbocycles. The number of alkyl halides is 2. The molecule has 1 saturated heterocycles. The Bertz CT molecular complexity index is 106. The SMILES string of the molecule is CN1CC[CH]CC1C(F)F. The van der Waals surface area contributed by atoms with Gasteiger partial charge in [-0.2, -0.15) is 0 Å². The van der Waals surface area contributed by atoms with Crippen LogP contribution < -0.4 is 0 Å². The molecule has 1 radical (unpaired) electrons. The molecule has 1 heterocycles. The number of rotatable bonds is 1. The predicted molar refractivity (Wildman–Crippen MR) is 36.0 cm³/mol. The number of hydrogen-bond donors (Lipinski definition) is 0. The molecule has 59 valence electrons. The van der Waals surface area contributed by atoms with E-state index in [4.69, 9.17) is 0 Å². The quantitative estimate of drug-likeness (QED) is 0.545. The third-order valence-corrected chi connectivity index (χ3v) is 1.95. The zero-order valence-corrected chi connectivity index (χ0v) is 6.06. The molecule has 1 rings (SSSR count). The van der Waals surface area contributed by atoms with Crippen molar-refractivity contribution in [1.29, 1.82) is 0 Å². The molecule has 0 amide bonds. The standard InChI is InChI=1S/C7H12F2N/c1-10-5-3-2-4-6(10)7(8)9/h2,6-7H,3-5H2,1H3. The first-order valence-corrected chi connectivity index (χ1v) is 3.52. The summed E-state index contributed by atoms with van der Waals surface area (Å²) in [5, 5.41) is 0. The van der Waals surface area contributed by atoms with Gasteiger partial charge in [0.1, 0.15) is 0 Å². The zero-order chi connectivity index (χ0) is 7.56. The number of halogens is 2. The van der Waals surface area contributed by atoms with Gasteiger partial charge in [0.25, 0.3) is 6.43 Å². The van der Waals surface area contributed by atoms with E-state index in [-0.39, 0.29) is 0 Å². The Morgan fingerprint density at radius 2 is 2.30 bits per heavy atom. The summed E-state index contributed by atoms with van der Waals surface area (Å²) >= 11 is 0. The van der Waals surface area contributed by atoms with E-state index in [2.05, 4.69) is 0 Å². The van der Waals surface area contributed by atoms with Gasteiger partial charge in [-0.1, -0.05) is 0 Å². The smallest absolute Gasteiger partial charge is 0.253 e. The Hall–Kier alpha value is -0.180. The Labute approximate surface area is 60.0 Å². The van der Waals surface area contributed by atoms with Gasteiger partial charge in [-0.25, -0.2) is 8.78 Å². The molecule has 0 spiro atoms. The minimum Gasteiger partial charge on any atom is -0.298 e. The fourth-order valence-electron chi connectivity index (χ4n) is 1.22. The molecule has 0 aliphatic carbocycles. The molecule has 3 heteroatoms. The van der Waals surface area contributed by atoms with Crippen molar-refractivity contribution < 1.29 is 8.78 Å². The zero-order valence-electron chi connectivity index (χ0n) is 6.06. The van der Waals surface area contributed by atoms with Crippen molar-refractivity contribution in [2.75, 3.05) is 13.6 Å². The van der Waals surface area contributed by atoms with Gasteiger partial charge in [0.2, 0.25) is 0 Å². The van der Waals surface area contributed by atoms with Gasteiger partial charge in [0.15, 0.2) is 0 Å². The normalized spacial score (nSPS) is 29.4. The van der Waals surface area contributed by atoms with E-state index in [1.54, 1.807) is 11.9 Å². The third-order valence-electron chi connectivity index (χ3n) is 1.95. The van der Waals surface area contributed by atoms with Gasteiger partial charge in [0.05, 0.1) is 6.04 Å². The van der Waals surface area contributed by atoms with Gasteiger partial charge in [0, 0.05) is 0 Å². The number of nitrogens with zero attached hydrogens (tertiary/aromatic N) is 1. The largest absolute Gasteiger partial charge is 0.298 e. The van der Waals surface area contributed by atoms with Crippen molar-refractivity contribution in [1.82, 2.24) is 4.90 Å². The van der Waals surface area contributed by atoms with Crippen LogP contribution in [0, 0.1) is 6.42 Å². The van der Waals surface area contributed by atoms with E-state index >= 15 is 0 Å². The summed E-state index contributed by atoms with van der Waals surface area (Å²) < 4.78 is 24.2. The predicted octanol–water partition coefficient (Wildman–Crippen LogP) is 1.55. The van der Waals surface area contributed by atoms with Crippen LogP contribution in [0.2, 0.25) is 0 Å². The Balaban J connectivity index is 2.40. The lowest BCUT2D eigenvalue weighted by atomic mass is 10.0. The van der Waals surface area contributed by atoms with Gasteiger partial charge in [-0.05, 0) is 32.9 Å². The highest BCUT2D eigenvalue weighted by Crippen LogP contribution is 2.19.